The number of hydrogen-bond donors (Lipinski definition) is 3. The molecule has 7 nitrogen and oxygen atoms in total. The van der Waals surface area contributed by atoms with Crippen molar-refractivity contribution in [1.82, 2.24) is 15.6 Å². The van der Waals surface area contributed by atoms with Crippen LogP contribution < -0.4 is 10.6 Å². The molecule has 0 saturated heterocycles. The van der Waals surface area contributed by atoms with Gasteiger partial charge in [-0.1, -0.05) is 18.2 Å². The van der Waals surface area contributed by atoms with Crippen molar-refractivity contribution in [2.45, 2.75) is 51.8 Å². The fraction of sp³-hybridized carbons (Fsp3) is 0.421. The lowest BCUT2D eigenvalue weighted by Gasteiger charge is -2.23. The van der Waals surface area contributed by atoms with Gasteiger partial charge in [-0.15, -0.1) is 0 Å². The number of amides is 2. The molecule has 0 fully saturated rings. The van der Waals surface area contributed by atoms with Crippen LogP contribution in [0.25, 0.3) is 10.9 Å². The molecule has 0 saturated carbocycles. The average Bonchev–Trinajstić information content (AvgIpc) is 2.95. The molecule has 0 radical (unpaired) electrons. The number of H-pyrrole nitrogens is 1. The van der Waals surface area contributed by atoms with Crippen LogP contribution in [0.5, 0.6) is 0 Å². The molecule has 7 heteroatoms. The van der Waals surface area contributed by atoms with Gasteiger partial charge in [-0.3, -0.25) is 4.79 Å². The lowest BCUT2D eigenvalue weighted by molar-refractivity contribution is -0.123. The molecule has 0 aliphatic heterocycles. The quantitative estimate of drug-likeness (QED) is 0.765. The summed E-state index contributed by atoms with van der Waals surface area (Å²) >= 11 is 0. The van der Waals surface area contributed by atoms with E-state index in [9.17, 15) is 9.59 Å². The first-order valence-electron chi connectivity index (χ1n) is 8.44. The van der Waals surface area contributed by atoms with Crippen molar-refractivity contribution in [3.8, 4) is 6.07 Å². The summed E-state index contributed by atoms with van der Waals surface area (Å²) in [6, 6.07) is 8.14. The topological polar surface area (TPSA) is 107 Å². The number of benzene rings is 1. The normalized spacial score (nSPS) is 13.5. The molecule has 0 aliphatic rings. The highest BCUT2D eigenvalue weighted by atomic mass is 16.6. The smallest absolute Gasteiger partial charge is 0.408 e. The first-order valence-corrected chi connectivity index (χ1v) is 8.44. The minimum absolute atomic E-state index is 0.271. The number of carbonyl (C=O) groups excluding carboxylic acids is 2. The highest BCUT2D eigenvalue weighted by Crippen LogP contribution is 2.19. The van der Waals surface area contributed by atoms with Crippen LogP contribution in [0.3, 0.4) is 0 Å². The summed E-state index contributed by atoms with van der Waals surface area (Å²) in [4.78, 5) is 27.8. The zero-order valence-corrected chi connectivity index (χ0v) is 15.4. The number of carbonyl (C=O) groups is 2. The number of nitrogens with one attached hydrogen (secondary N) is 3. The van der Waals surface area contributed by atoms with Crippen LogP contribution in [0.15, 0.2) is 30.5 Å². The number of fused-ring (bicyclic) bond motifs is 1. The second-order valence-corrected chi connectivity index (χ2v) is 7.12. The standard InChI is InChI=1S/C19H24N4O3/c1-12(10-20)22-17(24)16(23-18(25)26-19(2,3)4)9-13-11-21-15-8-6-5-7-14(13)15/h5-8,11-12,16,21H,9H2,1-4H3,(H,22,24)(H,23,25). The number of para-hydroxylation sites is 1. The largest absolute Gasteiger partial charge is 0.444 e. The van der Waals surface area contributed by atoms with Gasteiger partial charge in [0.25, 0.3) is 0 Å². The highest BCUT2D eigenvalue weighted by Gasteiger charge is 2.26. The highest BCUT2D eigenvalue weighted by molar-refractivity contribution is 5.88. The summed E-state index contributed by atoms with van der Waals surface area (Å²) in [5, 5.41) is 15.1. The number of nitrogens with zero attached hydrogens (tertiary/aromatic N) is 1. The molecule has 2 aromatic rings. The van der Waals surface area contributed by atoms with Gasteiger partial charge in [-0.05, 0) is 39.3 Å². The molecular formula is C19H24N4O3. The van der Waals surface area contributed by atoms with Crippen LogP contribution in [0.2, 0.25) is 0 Å². The van der Waals surface area contributed by atoms with Gasteiger partial charge in [0, 0.05) is 23.5 Å². The third kappa shape index (κ3) is 5.24. The predicted octanol–water partition coefficient (Wildman–Crippen LogP) is 2.63. The van der Waals surface area contributed by atoms with Crippen LogP contribution in [0.1, 0.15) is 33.3 Å². The molecule has 1 aromatic heterocycles. The minimum Gasteiger partial charge on any atom is -0.444 e. The molecular weight excluding hydrogens is 332 g/mol. The first kappa shape index (κ1) is 19.3. The average molecular weight is 356 g/mol. The molecule has 2 amide bonds. The fourth-order valence-corrected chi connectivity index (χ4v) is 2.53. The summed E-state index contributed by atoms with van der Waals surface area (Å²) in [6.07, 6.45) is 1.41. The second kappa shape index (κ2) is 7.91. The van der Waals surface area contributed by atoms with Crippen molar-refractivity contribution in [2.24, 2.45) is 0 Å². The van der Waals surface area contributed by atoms with Crippen LogP contribution in [0, 0.1) is 11.3 Å². The predicted molar refractivity (Wildman–Crippen MR) is 98.4 cm³/mol. The molecule has 0 bridgehead atoms. The van der Waals surface area contributed by atoms with Gasteiger partial charge in [-0.25, -0.2) is 4.79 Å². The summed E-state index contributed by atoms with van der Waals surface area (Å²) in [6.45, 7) is 6.82. The Morgan fingerprint density at radius 1 is 1.27 bits per heavy atom. The van der Waals surface area contributed by atoms with Gasteiger partial charge in [0.1, 0.15) is 17.7 Å². The van der Waals surface area contributed by atoms with Crippen LogP contribution in [-0.4, -0.2) is 34.7 Å². The van der Waals surface area contributed by atoms with Crippen molar-refractivity contribution < 1.29 is 14.3 Å². The van der Waals surface area contributed by atoms with Crippen LogP contribution >= 0.6 is 0 Å². The summed E-state index contributed by atoms with van der Waals surface area (Å²) < 4.78 is 5.25. The van der Waals surface area contributed by atoms with E-state index in [-0.39, 0.29) is 6.42 Å². The number of nitriles is 1. The van der Waals surface area contributed by atoms with Crippen molar-refractivity contribution in [1.29, 1.82) is 5.26 Å². The molecule has 1 heterocycles. The Bertz CT molecular complexity index is 829. The summed E-state index contributed by atoms with van der Waals surface area (Å²) in [5.74, 6) is -0.435. The Kier molecular flexibility index (Phi) is 5.88. The lowest BCUT2D eigenvalue weighted by Crippen LogP contribution is -2.51. The van der Waals surface area contributed by atoms with E-state index in [0.29, 0.717) is 0 Å². The third-order valence-electron chi connectivity index (χ3n) is 3.66. The number of hydrogen-bond acceptors (Lipinski definition) is 4. The first-order chi connectivity index (χ1) is 12.2. The number of aromatic nitrogens is 1. The van der Waals surface area contributed by atoms with E-state index in [2.05, 4.69) is 15.6 Å². The molecule has 1 aromatic carbocycles. The Labute approximate surface area is 152 Å². The Morgan fingerprint density at radius 3 is 2.62 bits per heavy atom. The van der Waals surface area contributed by atoms with Gasteiger partial charge in [0.05, 0.1) is 6.07 Å². The van der Waals surface area contributed by atoms with Gasteiger partial charge in [0.15, 0.2) is 0 Å². The second-order valence-electron chi connectivity index (χ2n) is 7.12. The molecule has 138 valence electrons. The molecule has 0 spiro atoms. The number of alkyl carbamates (subject to hydrolysis) is 1. The molecule has 2 rings (SSSR count). The fourth-order valence-electron chi connectivity index (χ4n) is 2.53. The zero-order chi connectivity index (χ0) is 19.3. The van der Waals surface area contributed by atoms with E-state index < -0.39 is 29.7 Å². The number of rotatable bonds is 5. The van der Waals surface area contributed by atoms with E-state index in [0.717, 1.165) is 16.5 Å². The monoisotopic (exact) mass is 356 g/mol. The Hall–Kier alpha value is -3.01. The summed E-state index contributed by atoms with van der Waals surface area (Å²) in [5.41, 5.74) is 1.16. The van der Waals surface area contributed by atoms with Crippen LogP contribution in [-0.2, 0) is 16.0 Å². The van der Waals surface area contributed by atoms with Gasteiger partial charge < -0.3 is 20.4 Å². The molecule has 2 unspecified atom stereocenters. The molecule has 26 heavy (non-hydrogen) atoms. The van der Waals surface area contributed by atoms with Crippen molar-refractivity contribution in [2.75, 3.05) is 0 Å². The minimum atomic E-state index is -0.861. The van der Waals surface area contributed by atoms with Crippen LogP contribution in [0.4, 0.5) is 4.79 Å². The molecule has 0 aliphatic carbocycles. The van der Waals surface area contributed by atoms with E-state index in [1.165, 1.54) is 0 Å². The van der Waals surface area contributed by atoms with Gasteiger partial charge in [0.2, 0.25) is 5.91 Å². The third-order valence-corrected chi connectivity index (χ3v) is 3.66. The maximum atomic E-state index is 12.5. The van der Waals surface area contributed by atoms with E-state index in [4.69, 9.17) is 10.00 Å². The maximum absolute atomic E-state index is 12.5. The SMILES string of the molecule is CC(C#N)NC(=O)C(Cc1c[nH]c2ccccc12)NC(=O)OC(C)(C)C. The zero-order valence-electron chi connectivity index (χ0n) is 15.4. The molecule has 2 atom stereocenters. The van der Waals surface area contributed by atoms with Crippen molar-refractivity contribution in [3.63, 3.8) is 0 Å². The van der Waals surface area contributed by atoms with E-state index in [1.807, 2.05) is 36.5 Å². The van der Waals surface area contributed by atoms with Crippen molar-refractivity contribution in [3.05, 3.63) is 36.0 Å². The number of aromatic amines is 1. The van der Waals surface area contributed by atoms with E-state index >= 15 is 0 Å². The van der Waals surface area contributed by atoms with Gasteiger partial charge in [-0.2, -0.15) is 5.26 Å². The van der Waals surface area contributed by atoms with E-state index in [1.54, 1.807) is 27.7 Å². The maximum Gasteiger partial charge on any atom is 0.408 e. The lowest BCUT2D eigenvalue weighted by atomic mass is 10.0. The summed E-state index contributed by atoms with van der Waals surface area (Å²) in [7, 11) is 0. The van der Waals surface area contributed by atoms with Gasteiger partial charge >= 0.3 is 6.09 Å². The van der Waals surface area contributed by atoms with Crippen molar-refractivity contribution >= 4 is 22.9 Å². The molecule has 3 N–H and O–H groups in total. The Balaban J connectivity index is 2.21. The Morgan fingerprint density at radius 2 is 1.96 bits per heavy atom. The number of ether oxygens (including phenoxy) is 1.